The van der Waals surface area contributed by atoms with Crippen molar-refractivity contribution in [3.8, 4) is 5.75 Å². The van der Waals surface area contributed by atoms with E-state index in [1.165, 1.54) is 12.1 Å². The van der Waals surface area contributed by atoms with E-state index in [-0.39, 0.29) is 11.6 Å². The summed E-state index contributed by atoms with van der Waals surface area (Å²) in [6.45, 7) is 2.30. The topological polar surface area (TPSA) is 117 Å². The number of ether oxygens (including phenoxy) is 1. The van der Waals surface area contributed by atoms with Crippen LogP contribution in [0.25, 0.3) is 10.9 Å². The molecule has 9 nitrogen and oxygen atoms in total. The van der Waals surface area contributed by atoms with E-state index in [9.17, 15) is 14.9 Å². The van der Waals surface area contributed by atoms with E-state index < -0.39 is 11.0 Å². The monoisotopic (exact) mass is 431 g/mol. The van der Waals surface area contributed by atoms with E-state index in [4.69, 9.17) is 4.74 Å². The SMILES string of the molecule is COc1ccc2[nH]cc(CCN3C(=O)c4n[nH]c(C)c4[C@H]3c3cccc([N+](=O)[O-])c3)c2c1. The molecule has 1 amide bonds. The highest BCUT2D eigenvalue weighted by Crippen LogP contribution is 2.40. The van der Waals surface area contributed by atoms with Crippen LogP contribution in [-0.2, 0) is 6.42 Å². The van der Waals surface area contributed by atoms with Crippen LogP contribution in [0.5, 0.6) is 5.75 Å². The molecule has 3 heterocycles. The molecule has 0 bridgehead atoms. The van der Waals surface area contributed by atoms with Gasteiger partial charge >= 0.3 is 0 Å². The summed E-state index contributed by atoms with van der Waals surface area (Å²) in [6, 6.07) is 11.8. The minimum Gasteiger partial charge on any atom is -0.497 e. The van der Waals surface area contributed by atoms with Crippen molar-refractivity contribution in [2.75, 3.05) is 13.7 Å². The summed E-state index contributed by atoms with van der Waals surface area (Å²) < 4.78 is 5.35. The molecule has 2 aromatic heterocycles. The number of nitro groups is 1. The number of aromatic amines is 2. The highest BCUT2D eigenvalue weighted by Gasteiger charge is 2.41. The van der Waals surface area contributed by atoms with Crippen molar-refractivity contribution in [3.05, 3.63) is 86.9 Å². The van der Waals surface area contributed by atoms with E-state index in [1.54, 1.807) is 18.1 Å². The fraction of sp³-hybridized carbons (Fsp3) is 0.217. The quantitative estimate of drug-likeness (QED) is 0.355. The highest BCUT2D eigenvalue weighted by atomic mass is 16.6. The van der Waals surface area contributed by atoms with Crippen molar-refractivity contribution in [1.29, 1.82) is 0 Å². The molecular formula is C23H21N5O4. The average Bonchev–Trinajstić information content (AvgIpc) is 3.46. The maximum Gasteiger partial charge on any atom is 0.275 e. The third kappa shape index (κ3) is 3.09. The lowest BCUT2D eigenvalue weighted by Gasteiger charge is -2.26. The van der Waals surface area contributed by atoms with Gasteiger partial charge < -0.3 is 14.6 Å². The molecule has 2 N–H and O–H groups in total. The second kappa shape index (κ2) is 7.52. The second-order valence-electron chi connectivity index (χ2n) is 7.84. The van der Waals surface area contributed by atoms with Gasteiger partial charge in [0.15, 0.2) is 5.69 Å². The summed E-state index contributed by atoms with van der Waals surface area (Å²) in [4.78, 5) is 29.1. The molecule has 1 atom stereocenters. The molecule has 0 fully saturated rings. The number of H-pyrrole nitrogens is 2. The number of aryl methyl sites for hydroxylation is 1. The van der Waals surface area contributed by atoms with Crippen molar-refractivity contribution in [2.45, 2.75) is 19.4 Å². The molecule has 32 heavy (non-hydrogen) atoms. The molecular weight excluding hydrogens is 410 g/mol. The lowest BCUT2D eigenvalue weighted by Crippen LogP contribution is -2.31. The van der Waals surface area contributed by atoms with Gasteiger partial charge in [0.1, 0.15) is 5.75 Å². The Morgan fingerprint density at radius 1 is 1.25 bits per heavy atom. The summed E-state index contributed by atoms with van der Waals surface area (Å²) in [7, 11) is 1.63. The Morgan fingerprint density at radius 3 is 2.88 bits per heavy atom. The van der Waals surface area contributed by atoms with Gasteiger partial charge in [-0.15, -0.1) is 0 Å². The van der Waals surface area contributed by atoms with Crippen LogP contribution in [0.3, 0.4) is 0 Å². The van der Waals surface area contributed by atoms with Crippen molar-refractivity contribution in [2.24, 2.45) is 0 Å². The van der Waals surface area contributed by atoms with Gasteiger partial charge in [-0.25, -0.2) is 0 Å². The van der Waals surface area contributed by atoms with Gasteiger partial charge in [0.05, 0.1) is 18.1 Å². The largest absolute Gasteiger partial charge is 0.497 e. The van der Waals surface area contributed by atoms with E-state index in [1.807, 2.05) is 37.4 Å². The summed E-state index contributed by atoms with van der Waals surface area (Å²) in [6.07, 6.45) is 2.55. The number of hydrogen-bond donors (Lipinski definition) is 2. The molecule has 162 valence electrons. The van der Waals surface area contributed by atoms with Gasteiger partial charge in [-0.3, -0.25) is 20.0 Å². The molecule has 0 saturated carbocycles. The van der Waals surface area contributed by atoms with Gasteiger partial charge in [0.25, 0.3) is 11.6 Å². The Hall–Kier alpha value is -4.14. The number of hydrogen-bond acceptors (Lipinski definition) is 5. The van der Waals surface area contributed by atoms with Crippen molar-refractivity contribution in [3.63, 3.8) is 0 Å². The Bertz CT molecular complexity index is 1360. The standard InChI is InChI=1S/C23H21N5O4/c1-13-20-21(26-25-13)23(29)27(22(20)14-4-3-5-16(10-14)28(30)31)9-8-15-12-24-19-7-6-17(32-2)11-18(15)19/h3-7,10-12,22,24H,8-9H2,1-2H3,(H,25,26)/t22-/m1/s1. The molecule has 1 aliphatic rings. The van der Waals surface area contributed by atoms with Gasteiger partial charge in [0.2, 0.25) is 0 Å². The predicted molar refractivity (Wildman–Crippen MR) is 118 cm³/mol. The number of methoxy groups -OCH3 is 1. The fourth-order valence-corrected chi connectivity index (χ4v) is 4.46. The maximum atomic E-state index is 13.2. The average molecular weight is 431 g/mol. The van der Waals surface area contributed by atoms with E-state index >= 15 is 0 Å². The molecule has 0 radical (unpaired) electrons. The Kier molecular flexibility index (Phi) is 4.66. The summed E-state index contributed by atoms with van der Waals surface area (Å²) >= 11 is 0. The number of carbonyl (C=O) groups is 1. The fourth-order valence-electron chi connectivity index (χ4n) is 4.46. The van der Waals surface area contributed by atoms with Crippen LogP contribution in [0.15, 0.2) is 48.7 Å². The summed E-state index contributed by atoms with van der Waals surface area (Å²) in [5, 5.41) is 19.5. The summed E-state index contributed by atoms with van der Waals surface area (Å²) in [5.41, 5.74) is 4.67. The number of aromatic nitrogens is 3. The number of nitrogens with zero attached hydrogens (tertiary/aromatic N) is 3. The third-order valence-corrected chi connectivity index (χ3v) is 6.04. The van der Waals surface area contributed by atoms with Crippen LogP contribution in [-0.4, -0.2) is 44.6 Å². The molecule has 9 heteroatoms. The zero-order valence-corrected chi connectivity index (χ0v) is 17.6. The molecule has 0 spiro atoms. The van der Waals surface area contributed by atoms with Crippen LogP contribution in [0.4, 0.5) is 5.69 Å². The van der Waals surface area contributed by atoms with Gasteiger partial charge in [0, 0.05) is 47.0 Å². The van der Waals surface area contributed by atoms with E-state index in [0.717, 1.165) is 33.5 Å². The Labute approximate surface area is 183 Å². The lowest BCUT2D eigenvalue weighted by molar-refractivity contribution is -0.384. The van der Waals surface area contributed by atoms with Crippen LogP contribution in [0, 0.1) is 17.0 Å². The first-order chi connectivity index (χ1) is 15.5. The van der Waals surface area contributed by atoms with Crippen LogP contribution >= 0.6 is 0 Å². The Morgan fingerprint density at radius 2 is 2.09 bits per heavy atom. The Balaban J connectivity index is 1.50. The number of benzene rings is 2. The first-order valence-electron chi connectivity index (χ1n) is 10.2. The predicted octanol–water partition coefficient (Wildman–Crippen LogP) is 3.90. The number of amides is 1. The lowest BCUT2D eigenvalue weighted by atomic mass is 9.98. The van der Waals surface area contributed by atoms with Crippen LogP contribution in [0.2, 0.25) is 0 Å². The number of carbonyl (C=O) groups excluding carboxylic acids is 1. The first kappa shape index (κ1) is 19.8. The molecule has 0 unspecified atom stereocenters. The van der Waals surface area contributed by atoms with Crippen molar-refractivity contribution < 1.29 is 14.5 Å². The van der Waals surface area contributed by atoms with Crippen LogP contribution in [0.1, 0.15) is 38.9 Å². The summed E-state index contributed by atoms with van der Waals surface area (Å²) in [5.74, 6) is 0.582. The molecule has 0 saturated heterocycles. The zero-order chi connectivity index (χ0) is 22.4. The van der Waals surface area contributed by atoms with E-state index in [0.29, 0.717) is 24.2 Å². The van der Waals surface area contributed by atoms with Crippen LogP contribution < -0.4 is 4.74 Å². The van der Waals surface area contributed by atoms with Crippen molar-refractivity contribution >= 4 is 22.5 Å². The molecule has 4 aromatic rings. The van der Waals surface area contributed by atoms with E-state index in [2.05, 4.69) is 15.2 Å². The second-order valence-corrected chi connectivity index (χ2v) is 7.84. The highest BCUT2D eigenvalue weighted by molar-refractivity contribution is 5.98. The number of nitro benzene ring substituents is 1. The minimum absolute atomic E-state index is 0.00628. The molecule has 0 aliphatic carbocycles. The van der Waals surface area contributed by atoms with Crippen molar-refractivity contribution in [1.82, 2.24) is 20.1 Å². The van der Waals surface area contributed by atoms with Gasteiger partial charge in [-0.2, -0.15) is 5.10 Å². The maximum absolute atomic E-state index is 13.2. The number of non-ortho nitro benzene ring substituents is 1. The molecule has 5 rings (SSSR count). The number of nitrogens with one attached hydrogen (secondary N) is 2. The first-order valence-corrected chi connectivity index (χ1v) is 10.2. The molecule has 1 aliphatic heterocycles. The van der Waals surface area contributed by atoms with Gasteiger partial charge in [-0.1, -0.05) is 12.1 Å². The molecule has 2 aromatic carbocycles. The smallest absolute Gasteiger partial charge is 0.275 e. The third-order valence-electron chi connectivity index (χ3n) is 6.04. The van der Waals surface area contributed by atoms with Gasteiger partial charge in [-0.05, 0) is 42.7 Å². The normalized spacial score (nSPS) is 15.4. The number of fused-ring (bicyclic) bond motifs is 2. The number of rotatable bonds is 6. The zero-order valence-electron chi connectivity index (χ0n) is 17.6. The minimum atomic E-state index is -0.434.